The van der Waals surface area contributed by atoms with Gasteiger partial charge in [-0.05, 0) is 42.7 Å². The van der Waals surface area contributed by atoms with Crippen LogP contribution in [-0.2, 0) is 6.42 Å². The second-order valence-corrected chi connectivity index (χ2v) is 9.46. The van der Waals surface area contributed by atoms with E-state index in [0.717, 1.165) is 17.0 Å². The molecule has 1 aliphatic heterocycles. The molecule has 1 atom stereocenters. The number of benzene rings is 2. The molecule has 2 aromatic heterocycles. The van der Waals surface area contributed by atoms with Crippen molar-refractivity contribution in [3.63, 3.8) is 0 Å². The highest BCUT2D eigenvalue weighted by molar-refractivity contribution is 7.15. The first-order valence-corrected chi connectivity index (χ1v) is 11.2. The fourth-order valence-electron chi connectivity index (χ4n) is 4.03. The van der Waals surface area contributed by atoms with Crippen molar-refractivity contribution in [3.05, 3.63) is 80.1 Å². The Bertz CT molecular complexity index is 1410. The van der Waals surface area contributed by atoms with E-state index in [1.807, 2.05) is 13.0 Å². The number of phenols is 1. The van der Waals surface area contributed by atoms with Crippen LogP contribution in [-0.4, -0.2) is 21.2 Å². The third-order valence-electron chi connectivity index (χ3n) is 5.48. The maximum Gasteiger partial charge on any atom is 0.297 e. The Morgan fingerprint density at radius 3 is 2.59 bits per heavy atom. The van der Waals surface area contributed by atoms with Crippen LogP contribution in [0.4, 0.5) is 5.13 Å². The van der Waals surface area contributed by atoms with Crippen LogP contribution in [0.2, 0.25) is 0 Å². The van der Waals surface area contributed by atoms with Gasteiger partial charge in [-0.2, -0.15) is 0 Å². The molecule has 2 aromatic carbocycles. The number of amides is 1. The quantitative estimate of drug-likeness (QED) is 0.491. The van der Waals surface area contributed by atoms with Gasteiger partial charge in [0.25, 0.3) is 5.91 Å². The summed E-state index contributed by atoms with van der Waals surface area (Å²) in [6.45, 7) is 6.08. The SMILES string of the molecule is Cc1ccc2oc3c(c(=O)c2c1)C(c1ccc(O)cc1)N(c1nnc(CC(C)C)s1)C3=O. The van der Waals surface area contributed by atoms with Gasteiger partial charge in [0.15, 0.2) is 5.43 Å². The van der Waals surface area contributed by atoms with Crippen molar-refractivity contribution in [2.75, 3.05) is 4.90 Å². The monoisotopic (exact) mass is 447 g/mol. The molecule has 7 nitrogen and oxygen atoms in total. The Morgan fingerprint density at radius 2 is 1.88 bits per heavy atom. The number of rotatable bonds is 4. The van der Waals surface area contributed by atoms with E-state index in [1.165, 1.54) is 28.4 Å². The summed E-state index contributed by atoms with van der Waals surface area (Å²) in [5.74, 6) is 0.0862. The van der Waals surface area contributed by atoms with Gasteiger partial charge >= 0.3 is 0 Å². The molecular weight excluding hydrogens is 426 g/mol. The molecule has 1 unspecified atom stereocenters. The van der Waals surface area contributed by atoms with Crippen molar-refractivity contribution in [1.29, 1.82) is 0 Å². The number of anilines is 1. The first-order chi connectivity index (χ1) is 15.3. The normalized spacial score (nSPS) is 15.7. The Morgan fingerprint density at radius 1 is 1.12 bits per heavy atom. The highest BCUT2D eigenvalue weighted by Gasteiger charge is 2.45. The van der Waals surface area contributed by atoms with Crippen LogP contribution >= 0.6 is 11.3 Å². The summed E-state index contributed by atoms with van der Waals surface area (Å²) in [5, 5.41) is 20.0. The Kier molecular flexibility index (Phi) is 4.82. The molecule has 0 bridgehead atoms. The second-order valence-electron chi connectivity index (χ2n) is 8.42. The zero-order valence-corrected chi connectivity index (χ0v) is 18.6. The molecule has 0 aliphatic carbocycles. The average molecular weight is 448 g/mol. The first-order valence-electron chi connectivity index (χ1n) is 10.4. The molecule has 0 fully saturated rings. The molecule has 162 valence electrons. The van der Waals surface area contributed by atoms with E-state index in [0.29, 0.717) is 27.6 Å². The Labute approximate surface area is 188 Å². The smallest absolute Gasteiger partial charge is 0.297 e. The van der Waals surface area contributed by atoms with Gasteiger partial charge in [0.05, 0.1) is 17.0 Å². The van der Waals surface area contributed by atoms with Crippen LogP contribution in [0.15, 0.2) is 51.7 Å². The Hall–Kier alpha value is -3.52. The van der Waals surface area contributed by atoms with Gasteiger partial charge in [0.2, 0.25) is 10.9 Å². The third kappa shape index (κ3) is 3.27. The van der Waals surface area contributed by atoms with Crippen LogP contribution in [0, 0.1) is 12.8 Å². The lowest BCUT2D eigenvalue weighted by atomic mass is 9.98. The minimum absolute atomic E-state index is 0.0186. The first kappa shape index (κ1) is 20.4. The lowest BCUT2D eigenvalue weighted by Gasteiger charge is -2.22. The number of aromatic hydroxyl groups is 1. The van der Waals surface area contributed by atoms with E-state index in [2.05, 4.69) is 24.0 Å². The molecule has 0 radical (unpaired) electrons. The molecule has 0 spiro atoms. The van der Waals surface area contributed by atoms with Gasteiger partial charge in [-0.3, -0.25) is 14.5 Å². The summed E-state index contributed by atoms with van der Waals surface area (Å²) in [7, 11) is 0. The zero-order chi connectivity index (χ0) is 22.6. The van der Waals surface area contributed by atoms with Gasteiger partial charge < -0.3 is 9.52 Å². The number of hydrogen-bond donors (Lipinski definition) is 1. The fraction of sp³-hybridized carbons (Fsp3) is 0.250. The largest absolute Gasteiger partial charge is 0.508 e. The van der Waals surface area contributed by atoms with Gasteiger partial charge in [-0.25, -0.2) is 0 Å². The summed E-state index contributed by atoms with van der Waals surface area (Å²) >= 11 is 1.34. The van der Waals surface area contributed by atoms with Crippen molar-refractivity contribution in [3.8, 4) is 5.75 Å². The lowest BCUT2D eigenvalue weighted by molar-refractivity contribution is 0.0970. The van der Waals surface area contributed by atoms with Crippen LogP contribution in [0.25, 0.3) is 11.0 Å². The lowest BCUT2D eigenvalue weighted by Crippen LogP contribution is -2.29. The predicted octanol–water partition coefficient (Wildman–Crippen LogP) is 4.61. The van der Waals surface area contributed by atoms with Gasteiger partial charge in [-0.15, -0.1) is 10.2 Å². The van der Waals surface area contributed by atoms with Gasteiger partial charge in [0.1, 0.15) is 16.3 Å². The van der Waals surface area contributed by atoms with Crippen molar-refractivity contribution in [2.45, 2.75) is 33.2 Å². The maximum atomic E-state index is 13.6. The topological polar surface area (TPSA) is 96.5 Å². The highest BCUT2D eigenvalue weighted by Crippen LogP contribution is 2.42. The second kappa shape index (κ2) is 7.56. The number of phenolic OH excluding ortho intramolecular Hbond substituents is 1. The van der Waals surface area contributed by atoms with Crippen molar-refractivity contribution in [1.82, 2.24) is 10.2 Å². The van der Waals surface area contributed by atoms with Crippen LogP contribution in [0.1, 0.15) is 52.1 Å². The van der Waals surface area contributed by atoms with Gasteiger partial charge in [0, 0.05) is 6.42 Å². The minimum Gasteiger partial charge on any atom is -0.508 e. The number of aryl methyl sites for hydroxylation is 1. The number of fused-ring (bicyclic) bond motifs is 2. The summed E-state index contributed by atoms with van der Waals surface area (Å²) in [5.41, 5.74) is 2.01. The molecule has 1 aliphatic rings. The summed E-state index contributed by atoms with van der Waals surface area (Å²) in [4.78, 5) is 28.6. The summed E-state index contributed by atoms with van der Waals surface area (Å²) < 4.78 is 5.97. The van der Waals surface area contributed by atoms with Crippen molar-refractivity contribution in [2.24, 2.45) is 5.92 Å². The van der Waals surface area contributed by atoms with E-state index in [-0.39, 0.29) is 22.5 Å². The molecule has 1 amide bonds. The maximum absolute atomic E-state index is 13.6. The fourth-order valence-corrected chi connectivity index (χ4v) is 5.11. The molecular formula is C24H21N3O4S. The molecule has 0 saturated heterocycles. The number of aromatic nitrogens is 2. The van der Waals surface area contributed by atoms with Crippen LogP contribution < -0.4 is 10.3 Å². The molecule has 3 heterocycles. The predicted molar refractivity (Wildman–Crippen MR) is 122 cm³/mol. The van der Waals surface area contributed by atoms with E-state index >= 15 is 0 Å². The van der Waals surface area contributed by atoms with E-state index < -0.39 is 11.9 Å². The molecule has 5 rings (SSSR count). The summed E-state index contributed by atoms with van der Waals surface area (Å²) in [6, 6.07) is 11.1. The molecule has 8 heteroatoms. The number of nitrogens with zero attached hydrogens (tertiary/aromatic N) is 3. The molecule has 32 heavy (non-hydrogen) atoms. The summed E-state index contributed by atoms with van der Waals surface area (Å²) in [6.07, 6.45) is 0.747. The minimum atomic E-state index is -0.723. The molecule has 1 N–H and O–H groups in total. The van der Waals surface area contributed by atoms with Crippen molar-refractivity contribution < 1.29 is 14.3 Å². The van der Waals surface area contributed by atoms with E-state index in [9.17, 15) is 14.7 Å². The van der Waals surface area contributed by atoms with E-state index in [1.54, 1.807) is 24.3 Å². The molecule has 4 aromatic rings. The highest BCUT2D eigenvalue weighted by atomic mass is 32.1. The number of hydrogen-bond acceptors (Lipinski definition) is 7. The van der Waals surface area contributed by atoms with Crippen LogP contribution in [0.5, 0.6) is 5.75 Å². The average Bonchev–Trinajstić information content (AvgIpc) is 3.31. The number of carbonyl (C=O) groups excluding carboxylic acids is 1. The third-order valence-corrected chi connectivity index (χ3v) is 6.42. The zero-order valence-electron chi connectivity index (χ0n) is 17.8. The number of carbonyl (C=O) groups is 1. The Balaban J connectivity index is 1.74. The van der Waals surface area contributed by atoms with Crippen molar-refractivity contribution >= 4 is 33.3 Å². The molecule has 0 saturated carbocycles. The van der Waals surface area contributed by atoms with Crippen LogP contribution in [0.3, 0.4) is 0 Å². The standard InChI is InChI=1S/C24H21N3O4S/c1-12(2)10-18-25-26-24(32-18)27-20(14-5-7-15(28)8-6-14)19-21(29)16-11-13(3)4-9-17(16)31-22(19)23(27)30/h4-9,11-12,20,28H,10H2,1-3H3. The van der Waals surface area contributed by atoms with Gasteiger partial charge in [-0.1, -0.05) is 48.9 Å². The van der Waals surface area contributed by atoms with E-state index in [4.69, 9.17) is 4.42 Å².